The number of aromatic amines is 1. The topological polar surface area (TPSA) is 63.0 Å². The highest BCUT2D eigenvalue weighted by Gasteiger charge is 2.30. The number of benzene rings is 1. The smallest absolute Gasteiger partial charge is 0.293 e. The van der Waals surface area contributed by atoms with E-state index in [0.717, 1.165) is 18.2 Å². The lowest BCUT2D eigenvalue weighted by Crippen LogP contribution is -2.14. The lowest BCUT2D eigenvalue weighted by atomic mass is 10.0. The maximum atomic E-state index is 13.1. The Hall–Kier alpha value is -3.49. The van der Waals surface area contributed by atoms with Crippen LogP contribution in [0.5, 0.6) is 0 Å². The van der Waals surface area contributed by atoms with E-state index in [9.17, 15) is 22.4 Å². The number of H-pyrrole nitrogens is 1. The third kappa shape index (κ3) is 3.04. The summed E-state index contributed by atoms with van der Waals surface area (Å²) < 4.78 is 52.7. The molecule has 1 aromatic carbocycles. The van der Waals surface area contributed by atoms with Gasteiger partial charge in [0.05, 0.1) is 11.3 Å². The van der Waals surface area contributed by atoms with Crippen LogP contribution in [0, 0.1) is 12.9 Å². The minimum absolute atomic E-state index is 0.254. The van der Waals surface area contributed by atoms with Crippen molar-refractivity contribution in [2.75, 3.05) is 0 Å². The van der Waals surface area contributed by atoms with Crippen molar-refractivity contribution in [3.05, 3.63) is 76.2 Å². The summed E-state index contributed by atoms with van der Waals surface area (Å²) in [5.74, 6) is -0.663. The van der Waals surface area contributed by atoms with Crippen LogP contribution in [-0.2, 0) is 6.18 Å². The van der Waals surface area contributed by atoms with Gasteiger partial charge in [-0.15, -0.1) is 0 Å². The highest BCUT2D eigenvalue weighted by atomic mass is 19.4. The van der Waals surface area contributed by atoms with E-state index in [1.165, 1.54) is 35.0 Å². The molecule has 3 aromatic heterocycles. The molecule has 5 nitrogen and oxygen atoms in total. The second kappa shape index (κ2) is 6.29. The molecule has 0 bridgehead atoms. The molecule has 0 saturated heterocycles. The second-order valence-electron chi connectivity index (χ2n) is 6.20. The SMILES string of the molecule is Cc1[nH]n2c(=O)cc(-c3ccc(F)nc3)nc2c1-c1ccc(C(F)(F)F)cc1. The van der Waals surface area contributed by atoms with Gasteiger partial charge in [-0.1, -0.05) is 12.1 Å². The normalized spacial score (nSPS) is 11.9. The predicted molar refractivity (Wildman–Crippen MR) is 94.2 cm³/mol. The Morgan fingerprint density at radius 1 is 1.04 bits per heavy atom. The van der Waals surface area contributed by atoms with E-state index in [0.29, 0.717) is 22.4 Å². The first-order chi connectivity index (χ1) is 13.2. The average Bonchev–Trinajstić information content (AvgIpc) is 2.98. The van der Waals surface area contributed by atoms with E-state index < -0.39 is 23.2 Å². The summed E-state index contributed by atoms with van der Waals surface area (Å²) in [7, 11) is 0. The first-order valence-corrected chi connectivity index (χ1v) is 8.16. The predicted octanol–water partition coefficient (Wildman–Crippen LogP) is 4.22. The fraction of sp³-hybridized carbons (Fsp3) is 0.105. The molecule has 0 saturated carbocycles. The zero-order valence-electron chi connectivity index (χ0n) is 14.4. The number of aromatic nitrogens is 4. The quantitative estimate of drug-likeness (QED) is 0.413. The van der Waals surface area contributed by atoms with Gasteiger partial charge in [0.1, 0.15) is 0 Å². The molecule has 3 heterocycles. The van der Waals surface area contributed by atoms with Crippen molar-refractivity contribution in [2.45, 2.75) is 13.1 Å². The van der Waals surface area contributed by atoms with E-state index >= 15 is 0 Å². The molecule has 142 valence electrons. The summed E-state index contributed by atoms with van der Waals surface area (Å²) in [4.78, 5) is 20.5. The van der Waals surface area contributed by atoms with Gasteiger partial charge in [0.25, 0.3) is 5.56 Å². The first-order valence-electron chi connectivity index (χ1n) is 8.16. The van der Waals surface area contributed by atoms with Crippen molar-refractivity contribution in [2.24, 2.45) is 0 Å². The molecule has 28 heavy (non-hydrogen) atoms. The molecule has 0 amide bonds. The van der Waals surface area contributed by atoms with Crippen molar-refractivity contribution in [1.82, 2.24) is 19.6 Å². The molecule has 4 aromatic rings. The van der Waals surface area contributed by atoms with E-state index in [1.807, 2.05) is 0 Å². The van der Waals surface area contributed by atoms with Crippen LogP contribution in [0.1, 0.15) is 11.3 Å². The summed E-state index contributed by atoms with van der Waals surface area (Å²) >= 11 is 0. The highest BCUT2D eigenvalue weighted by Crippen LogP contribution is 2.33. The van der Waals surface area contributed by atoms with Gasteiger partial charge in [-0.25, -0.2) is 14.5 Å². The number of rotatable bonds is 2. The van der Waals surface area contributed by atoms with Gasteiger partial charge in [0.2, 0.25) is 5.95 Å². The number of halogens is 4. The number of aryl methyl sites for hydroxylation is 1. The lowest BCUT2D eigenvalue weighted by molar-refractivity contribution is -0.137. The Kier molecular flexibility index (Phi) is 4.02. The maximum absolute atomic E-state index is 13.1. The molecular weight excluding hydrogens is 376 g/mol. The average molecular weight is 388 g/mol. The van der Waals surface area contributed by atoms with Crippen LogP contribution in [0.2, 0.25) is 0 Å². The van der Waals surface area contributed by atoms with E-state index in [1.54, 1.807) is 6.92 Å². The number of hydrogen-bond acceptors (Lipinski definition) is 3. The molecule has 0 atom stereocenters. The highest BCUT2D eigenvalue weighted by molar-refractivity contribution is 5.81. The summed E-state index contributed by atoms with van der Waals surface area (Å²) in [6.07, 6.45) is -3.18. The molecule has 0 fully saturated rings. The molecule has 0 aliphatic heterocycles. The minimum Gasteiger partial charge on any atom is -0.293 e. The van der Waals surface area contributed by atoms with Gasteiger partial charge in [-0.2, -0.15) is 17.6 Å². The van der Waals surface area contributed by atoms with E-state index in [2.05, 4.69) is 15.1 Å². The van der Waals surface area contributed by atoms with Crippen molar-refractivity contribution in [3.8, 4) is 22.4 Å². The van der Waals surface area contributed by atoms with Crippen LogP contribution >= 0.6 is 0 Å². The van der Waals surface area contributed by atoms with Crippen molar-refractivity contribution >= 4 is 5.65 Å². The van der Waals surface area contributed by atoms with Gasteiger partial charge >= 0.3 is 6.18 Å². The number of hydrogen-bond donors (Lipinski definition) is 1. The fourth-order valence-corrected chi connectivity index (χ4v) is 3.00. The largest absolute Gasteiger partial charge is 0.416 e. The monoisotopic (exact) mass is 388 g/mol. The van der Waals surface area contributed by atoms with E-state index in [-0.39, 0.29) is 11.3 Å². The molecule has 9 heteroatoms. The Balaban J connectivity index is 1.90. The summed E-state index contributed by atoms with van der Waals surface area (Å²) in [6.45, 7) is 1.69. The summed E-state index contributed by atoms with van der Waals surface area (Å²) in [5, 5.41) is 2.87. The first kappa shape index (κ1) is 17.9. The van der Waals surface area contributed by atoms with Crippen LogP contribution in [0.25, 0.3) is 28.0 Å². The number of nitrogens with one attached hydrogen (secondary N) is 1. The maximum Gasteiger partial charge on any atom is 0.416 e. The molecule has 0 unspecified atom stereocenters. The van der Waals surface area contributed by atoms with Gasteiger partial charge in [-0.05, 0) is 36.8 Å². The molecule has 0 spiro atoms. The Bertz CT molecular complexity index is 1220. The van der Waals surface area contributed by atoms with Crippen LogP contribution < -0.4 is 5.56 Å². The molecule has 0 aliphatic carbocycles. The van der Waals surface area contributed by atoms with Crippen LogP contribution in [0.15, 0.2) is 53.5 Å². The third-order valence-electron chi connectivity index (χ3n) is 4.32. The van der Waals surface area contributed by atoms with E-state index in [4.69, 9.17) is 0 Å². The van der Waals surface area contributed by atoms with Crippen LogP contribution in [-0.4, -0.2) is 19.6 Å². The van der Waals surface area contributed by atoms with Crippen molar-refractivity contribution in [1.29, 1.82) is 0 Å². The zero-order chi connectivity index (χ0) is 20.1. The van der Waals surface area contributed by atoms with Gasteiger partial charge in [-0.3, -0.25) is 9.89 Å². The minimum atomic E-state index is -4.44. The van der Waals surface area contributed by atoms with Gasteiger partial charge < -0.3 is 0 Å². The van der Waals surface area contributed by atoms with Gasteiger partial charge in [0.15, 0.2) is 5.65 Å². The second-order valence-corrected chi connectivity index (χ2v) is 6.20. The van der Waals surface area contributed by atoms with Crippen molar-refractivity contribution in [3.63, 3.8) is 0 Å². The Morgan fingerprint density at radius 3 is 2.32 bits per heavy atom. The van der Waals surface area contributed by atoms with Crippen LogP contribution in [0.4, 0.5) is 17.6 Å². The summed E-state index contributed by atoms with van der Waals surface area (Å²) in [6, 6.07) is 8.48. The zero-order valence-corrected chi connectivity index (χ0v) is 14.4. The molecule has 0 radical (unpaired) electrons. The number of pyridine rings is 1. The van der Waals surface area contributed by atoms with Gasteiger partial charge in [0, 0.05) is 29.1 Å². The number of nitrogens with zero attached hydrogens (tertiary/aromatic N) is 3. The Morgan fingerprint density at radius 2 is 1.71 bits per heavy atom. The molecule has 1 N–H and O–H groups in total. The fourth-order valence-electron chi connectivity index (χ4n) is 3.00. The molecule has 0 aliphatic rings. The van der Waals surface area contributed by atoms with Crippen LogP contribution in [0.3, 0.4) is 0 Å². The van der Waals surface area contributed by atoms with Crippen molar-refractivity contribution < 1.29 is 17.6 Å². The third-order valence-corrected chi connectivity index (χ3v) is 4.32. The number of alkyl halides is 3. The summed E-state index contributed by atoms with van der Waals surface area (Å²) in [5.41, 5.74) is 1.35. The number of fused-ring (bicyclic) bond motifs is 1. The lowest BCUT2D eigenvalue weighted by Gasteiger charge is -2.08. The molecular formula is C19H12F4N4O. The Labute approximate surface area is 155 Å². The standard InChI is InChI=1S/C19H12F4N4O/c1-10-17(11-2-5-13(6-3-11)19(21,22)23)18-25-14(8-16(28)27(18)26-10)12-4-7-15(20)24-9-12/h2-9,26H,1H3. The molecule has 4 rings (SSSR count).